The van der Waals surface area contributed by atoms with Crippen LogP contribution in [-0.4, -0.2) is 82.5 Å². The molecule has 0 aromatic carbocycles. The molecule has 3 rings (SSSR count). The molecule has 17 heteroatoms. The van der Waals surface area contributed by atoms with Gasteiger partial charge in [0.1, 0.15) is 12.2 Å². The Bertz CT molecular complexity index is 1120. The zero-order valence-corrected chi connectivity index (χ0v) is 18.3. The van der Waals surface area contributed by atoms with Crippen LogP contribution in [0.3, 0.4) is 0 Å². The van der Waals surface area contributed by atoms with Crippen molar-refractivity contribution >= 4 is 11.9 Å². The predicted octanol–water partition coefficient (Wildman–Crippen LogP) is -0.655. The Morgan fingerprint density at radius 3 is 2.51 bits per heavy atom. The molecular weight excluding hydrogens is 484 g/mol. The Morgan fingerprint density at radius 2 is 1.91 bits per heavy atom. The molecule has 0 spiro atoms. The van der Waals surface area contributed by atoms with E-state index in [0.717, 1.165) is 26.1 Å². The number of aromatic amines is 1. The minimum atomic E-state index is -3.92. The van der Waals surface area contributed by atoms with Crippen molar-refractivity contribution in [1.82, 2.24) is 9.55 Å². The number of nitrogens with zero attached hydrogens (tertiary/aromatic N) is 4. The Labute approximate surface area is 194 Å². The molecule has 1 aromatic heterocycles. The number of H-pyrrole nitrogens is 1. The second kappa shape index (κ2) is 10.5. The quantitative estimate of drug-likeness (QED) is 0.198. The van der Waals surface area contributed by atoms with Crippen LogP contribution in [-0.2, 0) is 33.3 Å². The third-order valence-corrected chi connectivity index (χ3v) is 5.13. The third-order valence-electron chi connectivity index (χ3n) is 5.13. The Kier molecular flexibility index (Phi) is 7.86. The molecule has 15 nitrogen and oxygen atoms in total. The Balaban J connectivity index is 1.79. The van der Waals surface area contributed by atoms with Crippen molar-refractivity contribution in [3.05, 3.63) is 43.5 Å². The van der Waals surface area contributed by atoms with Crippen molar-refractivity contribution in [2.45, 2.75) is 62.8 Å². The summed E-state index contributed by atoms with van der Waals surface area (Å²) < 4.78 is 56.2. The van der Waals surface area contributed by atoms with Gasteiger partial charge in [-0.3, -0.25) is 23.9 Å². The van der Waals surface area contributed by atoms with Crippen LogP contribution in [0.25, 0.3) is 10.4 Å². The Morgan fingerprint density at radius 1 is 1.26 bits per heavy atom. The molecule has 2 N–H and O–H groups in total. The maximum absolute atomic E-state index is 14.7. The largest absolute Gasteiger partial charge is 0.456 e. The number of esters is 2. The van der Waals surface area contributed by atoms with Crippen molar-refractivity contribution in [3.63, 3.8) is 0 Å². The highest BCUT2D eigenvalue weighted by atomic mass is 19.3. The minimum absolute atomic E-state index is 0.363. The number of carbonyl (C=O) groups is 2. The summed E-state index contributed by atoms with van der Waals surface area (Å²) in [5, 5.41) is 13.4. The van der Waals surface area contributed by atoms with Gasteiger partial charge in [0.2, 0.25) is 0 Å². The number of ether oxygens (including phenoxy) is 5. The molecule has 3 heterocycles. The molecule has 0 aliphatic carbocycles. The zero-order valence-electron chi connectivity index (χ0n) is 18.3. The fourth-order valence-corrected chi connectivity index (χ4v) is 3.63. The number of halogens is 2. The molecule has 2 aliphatic heterocycles. The number of hydrogen-bond acceptors (Lipinski definition) is 11. The van der Waals surface area contributed by atoms with E-state index in [4.69, 9.17) is 29.2 Å². The van der Waals surface area contributed by atoms with Gasteiger partial charge in [-0.1, -0.05) is 5.11 Å². The first-order chi connectivity index (χ1) is 16.4. The lowest BCUT2D eigenvalue weighted by Crippen LogP contribution is -2.44. The van der Waals surface area contributed by atoms with Gasteiger partial charge < -0.3 is 28.8 Å². The fraction of sp³-hybridized carbons (Fsp3) is 0.667. The molecule has 0 bridgehead atoms. The lowest BCUT2D eigenvalue weighted by Gasteiger charge is -2.25. The molecule has 2 fully saturated rings. The molecule has 7 atom stereocenters. The highest BCUT2D eigenvalue weighted by molar-refractivity contribution is 5.67. The van der Waals surface area contributed by atoms with Crippen LogP contribution in [0.2, 0.25) is 0 Å². The van der Waals surface area contributed by atoms with Gasteiger partial charge in [-0.15, -0.1) is 0 Å². The third kappa shape index (κ3) is 5.66. The maximum atomic E-state index is 14.7. The first-order valence-electron chi connectivity index (χ1n) is 10.1. The van der Waals surface area contributed by atoms with E-state index in [1.807, 2.05) is 4.98 Å². The van der Waals surface area contributed by atoms with Gasteiger partial charge >= 0.3 is 23.6 Å². The maximum Gasteiger partial charge on any atom is 0.330 e. The van der Waals surface area contributed by atoms with Crippen molar-refractivity contribution in [1.29, 1.82) is 0 Å². The van der Waals surface area contributed by atoms with Gasteiger partial charge in [0.05, 0.1) is 13.2 Å². The van der Waals surface area contributed by atoms with E-state index in [1.165, 1.54) is 0 Å². The smallest absolute Gasteiger partial charge is 0.330 e. The van der Waals surface area contributed by atoms with E-state index in [1.54, 1.807) is 0 Å². The number of aliphatic hydroxyl groups excluding tert-OH is 1. The van der Waals surface area contributed by atoms with Crippen LogP contribution >= 0.6 is 0 Å². The van der Waals surface area contributed by atoms with Crippen LogP contribution in [0.4, 0.5) is 8.78 Å². The van der Waals surface area contributed by atoms with Crippen molar-refractivity contribution in [2.24, 2.45) is 5.11 Å². The number of alkyl halides is 2. The summed E-state index contributed by atoms with van der Waals surface area (Å²) in [5.41, 5.74) is 6.70. The highest BCUT2D eigenvalue weighted by Gasteiger charge is 2.60. The predicted molar refractivity (Wildman–Crippen MR) is 106 cm³/mol. The fourth-order valence-electron chi connectivity index (χ4n) is 3.63. The number of azide groups is 1. The highest BCUT2D eigenvalue weighted by Crippen LogP contribution is 2.41. The van der Waals surface area contributed by atoms with Gasteiger partial charge in [0, 0.05) is 31.0 Å². The summed E-state index contributed by atoms with van der Waals surface area (Å²) in [6.07, 6.45) is -10.9. The van der Waals surface area contributed by atoms with Gasteiger partial charge in [0.15, 0.2) is 30.8 Å². The number of hydrogen-bond donors (Lipinski definition) is 2. The molecule has 0 radical (unpaired) electrons. The van der Waals surface area contributed by atoms with E-state index in [9.17, 15) is 33.1 Å². The van der Waals surface area contributed by atoms with Gasteiger partial charge in [-0.25, -0.2) is 13.6 Å². The molecule has 1 aromatic rings. The van der Waals surface area contributed by atoms with Crippen LogP contribution in [0.15, 0.2) is 27.0 Å². The number of aromatic nitrogens is 2. The SMILES string of the molecule is CC(=O)O[C@H]1[C@H](OC[C@H]2O[C@@H](n3ccc(=O)[nH]c3=O)[C@H](O)C2(F)F)O[C@H](CN=[N+]=[N-])[C@H]1OC(C)=O. The topological polar surface area (TPSA) is 204 Å². The number of nitrogens with one attached hydrogen (secondary N) is 1. The first kappa shape index (κ1) is 26.2. The lowest BCUT2D eigenvalue weighted by molar-refractivity contribution is -0.210. The minimum Gasteiger partial charge on any atom is -0.456 e. The van der Waals surface area contributed by atoms with Gasteiger partial charge in [0.25, 0.3) is 5.56 Å². The molecule has 2 aliphatic rings. The number of rotatable bonds is 8. The van der Waals surface area contributed by atoms with Crippen LogP contribution < -0.4 is 11.2 Å². The van der Waals surface area contributed by atoms with Crippen LogP contribution in [0, 0.1) is 0 Å². The van der Waals surface area contributed by atoms with Gasteiger partial charge in [-0.05, 0) is 5.53 Å². The summed E-state index contributed by atoms with van der Waals surface area (Å²) in [7, 11) is 0. The summed E-state index contributed by atoms with van der Waals surface area (Å²) in [4.78, 5) is 50.7. The van der Waals surface area contributed by atoms with E-state index >= 15 is 0 Å². The Hall–Kier alpha value is -3.37. The average Bonchev–Trinajstić information content (AvgIpc) is 3.18. The molecule has 0 saturated carbocycles. The number of aliphatic hydroxyl groups is 1. The summed E-state index contributed by atoms with van der Waals surface area (Å²) >= 11 is 0. The molecule has 0 amide bonds. The van der Waals surface area contributed by atoms with E-state index in [0.29, 0.717) is 4.57 Å². The van der Waals surface area contributed by atoms with Gasteiger partial charge in [-0.2, -0.15) is 0 Å². The van der Waals surface area contributed by atoms with E-state index in [-0.39, 0.29) is 6.54 Å². The monoisotopic (exact) mass is 505 g/mol. The van der Waals surface area contributed by atoms with Crippen molar-refractivity contribution in [3.8, 4) is 0 Å². The summed E-state index contributed by atoms with van der Waals surface area (Å²) in [6.45, 7) is 0.816. The summed E-state index contributed by atoms with van der Waals surface area (Å²) in [6, 6.07) is 0.883. The van der Waals surface area contributed by atoms with Crippen LogP contribution in [0.5, 0.6) is 0 Å². The first-order valence-corrected chi connectivity index (χ1v) is 10.1. The van der Waals surface area contributed by atoms with Crippen molar-refractivity contribution in [2.75, 3.05) is 13.2 Å². The second-order valence-corrected chi connectivity index (χ2v) is 7.59. The molecule has 192 valence electrons. The number of carbonyl (C=O) groups excluding carboxylic acids is 2. The van der Waals surface area contributed by atoms with Crippen LogP contribution in [0.1, 0.15) is 20.1 Å². The molecule has 2 saturated heterocycles. The molecular formula is C18H21F2N5O10. The molecule has 35 heavy (non-hydrogen) atoms. The van der Waals surface area contributed by atoms with Crippen molar-refractivity contribution < 1.29 is 47.2 Å². The lowest BCUT2D eigenvalue weighted by atomic mass is 10.1. The average molecular weight is 505 g/mol. The zero-order chi connectivity index (χ0) is 25.9. The van der Waals surface area contributed by atoms with E-state index < -0.39 is 78.8 Å². The normalized spacial score (nSPS) is 31.5. The van der Waals surface area contributed by atoms with E-state index in [2.05, 4.69) is 10.0 Å². The second-order valence-electron chi connectivity index (χ2n) is 7.59. The molecule has 0 unspecified atom stereocenters. The summed E-state index contributed by atoms with van der Waals surface area (Å²) in [5.74, 6) is -5.54. The standard InChI is InChI=1S/C18H21F2N5O10/c1-7(26)32-12-9(5-22-24-21)34-16(13(12)33-8(2)27)31-6-10-18(19,20)14(29)15(35-10)25-4-3-11(28)23-17(25)30/h3-4,9-10,12-16,29H,5-6H2,1-2H3,(H,23,28,30)/t9-,10-,12-,13-,14+,15-,16-/m1/s1.